The molecule has 2 fully saturated rings. The maximum atomic E-state index is 14.9. The summed E-state index contributed by atoms with van der Waals surface area (Å²) in [7, 11) is 0. The van der Waals surface area contributed by atoms with Crippen LogP contribution in [-0.2, 0) is 0 Å². The molecule has 41 heavy (non-hydrogen) atoms. The first-order valence-corrected chi connectivity index (χ1v) is 14.3. The highest BCUT2D eigenvalue weighted by Crippen LogP contribution is 2.31. The molecule has 0 radical (unpaired) electrons. The second-order valence-electron chi connectivity index (χ2n) is 11.3. The molecule has 2 aliphatic heterocycles. The fourth-order valence-electron chi connectivity index (χ4n) is 5.83. The molecule has 0 saturated carbocycles. The quantitative estimate of drug-likeness (QED) is 0.315. The first kappa shape index (κ1) is 27.1. The van der Waals surface area contributed by atoms with Gasteiger partial charge in [-0.15, -0.1) is 5.10 Å². The third-order valence-corrected chi connectivity index (χ3v) is 8.17. The van der Waals surface area contributed by atoms with Crippen molar-refractivity contribution in [3.8, 4) is 11.3 Å². The van der Waals surface area contributed by atoms with E-state index >= 15 is 0 Å². The molecule has 12 heteroatoms. The van der Waals surface area contributed by atoms with Gasteiger partial charge in [-0.2, -0.15) is 4.52 Å². The van der Waals surface area contributed by atoms with E-state index in [1.54, 1.807) is 16.6 Å². The molecule has 0 bridgehead atoms. The number of pyridine rings is 1. The lowest BCUT2D eigenvalue weighted by Gasteiger charge is -2.34. The Bertz CT molecular complexity index is 1550. The average molecular weight is 563 g/mol. The minimum Gasteiger partial charge on any atom is -0.396 e. The summed E-state index contributed by atoms with van der Waals surface area (Å²) in [5.74, 6) is 1.23. The Morgan fingerprint density at radius 3 is 2.49 bits per heavy atom. The molecular formula is C29H36F2N10. The van der Waals surface area contributed by atoms with Crippen LogP contribution in [0, 0.1) is 11.6 Å². The maximum Gasteiger partial charge on any atom is 0.229 e. The molecular weight excluding hydrogens is 526 g/mol. The smallest absolute Gasteiger partial charge is 0.229 e. The van der Waals surface area contributed by atoms with Crippen molar-refractivity contribution >= 4 is 28.9 Å². The summed E-state index contributed by atoms with van der Waals surface area (Å²) in [5.41, 5.74) is 13.4. The van der Waals surface area contributed by atoms with Gasteiger partial charge in [0.1, 0.15) is 23.3 Å². The summed E-state index contributed by atoms with van der Waals surface area (Å²) >= 11 is 0. The van der Waals surface area contributed by atoms with E-state index in [9.17, 15) is 8.78 Å². The molecule has 0 amide bonds. The van der Waals surface area contributed by atoms with Gasteiger partial charge >= 0.3 is 0 Å². The molecule has 2 aliphatic rings. The Labute approximate surface area is 237 Å². The predicted octanol–water partition coefficient (Wildman–Crippen LogP) is 4.30. The number of piperidine rings is 2. The Morgan fingerprint density at radius 2 is 1.76 bits per heavy atom. The Kier molecular flexibility index (Phi) is 7.33. The van der Waals surface area contributed by atoms with E-state index in [0.29, 0.717) is 41.4 Å². The van der Waals surface area contributed by atoms with Crippen molar-refractivity contribution < 1.29 is 8.78 Å². The van der Waals surface area contributed by atoms with E-state index in [0.717, 1.165) is 57.2 Å². The second kappa shape index (κ2) is 11.1. The SMILES string of the molecule is CC(C)N1CCC(c2nc3cc(-c4ccc(F)cc4F)nc(N4CCCC(Nc5ccc(N)c(N)n5)C4)n3n2)CC1. The van der Waals surface area contributed by atoms with E-state index < -0.39 is 11.6 Å². The second-order valence-corrected chi connectivity index (χ2v) is 11.3. The summed E-state index contributed by atoms with van der Waals surface area (Å²) in [5, 5.41) is 8.41. The van der Waals surface area contributed by atoms with E-state index in [2.05, 4.69) is 33.9 Å². The van der Waals surface area contributed by atoms with Gasteiger partial charge in [0.2, 0.25) is 5.95 Å². The molecule has 6 rings (SSSR count). The molecule has 5 N–H and O–H groups in total. The van der Waals surface area contributed by atoms with Gasteiger partial charge in [-0.05, 0) is 76.9 Å². The van der Waals surface area contributed by atoms with Gasteiger partial charge in [-0.3, -0.25) is 0 Å². The minimum absolute atomic E-state index is 0.0608. The number of hydrogen-bond acceptors (Lipinski definition) is 9. The number of nitrogens with two attached hydrogens (primary N) is 2. The molecule has 2 saturated heterocycles. The van der Waals surface area contributed by atoms with Crippen LogP contribution in [0.15, 0.2) is 36.4 Å². The van der Waals surface area contributed by atoms with Gasteiger partial charge in [-0.25, -0.2) is 23.7 Å². The number of fused-ring (bicyclic) bond motifs is 1. The molecule has 216 valence electrons. The number of nitrogens with zero attached hydrogens (tertiary/aromatic N) is 7. The summed E-state index contributed by atoms with van der Waals surface area (Å²) < 4.78 is 30.4. The summed E-state index contributed by atoms with van der Waals surface area (Å²) in [4.78, 5) is 18.8. The van der Waals surface area contributed by atoms with E-state index in [1.165, 1.54) is 12.1 Å². The lowest BCUT2D eigenvalue weighted by atomic mass is 9.95. The molecule has 3 aromatic heterocycles. The van der Waals surface area contributed by atoms with E-state index in [1.807, 2.05) is 6.07 Å². The number of benzene rings is 1. The van der Waals surface area contributed by atoms with Crippen LogP contribution in [0.3, 0.4) is 0 Å². The zero-order chi connectivity index (χ0) is 28.7. The van der Waals surface area contributed by atoms with Gasteiger partial charge in [0, 0.05) is 48.8 Å². The summed E-state index contributed by atoms with van der Waals surface area (Å²) in [6.07, 6.45) is 3.78. The number of likely N-dealkylation sites (tertiary alicyclic amines) is 1. The van der Waals surface area contributed by atoms with Crippen molar-refractivity contribution in [2.75, 3.05) is 47.9 Å². The Balaban J connectivity index is 1.35. The van der Waals surface area contributed by atoms with Gasteiger partial charge in [-0.1, -0.05) is 0 Å². The monoisotopic (exact) mass is 562 g/mol. The van der Waals surface area contributed by atoms with Gasteiger partial charge < -0.3 is 26.6 Å². The number of aromatic nitrogens is 5. The van der Waals surface area contributed by atoms with Crippen LogP contribution in [0.1, 0.15) is 51.3 Å². The Morgan fingerprint density at radius 1 is 0.951 bits per heavy atom. The van der Waals surface area contributed by atoms with E-state index in [4.69, 9.17) is 26.5 Å². The van der Waals surface area contributed by atoms with Crippen molar-refractivity contribution in [3.05, 3.63) is 53.9 Å². The normalized spacial score (nSPS) is 18.9. The van der Waals surface area contributed by atoms with Crippen molar-refractivity contribution in [3.63, 3.8) is 0 Å². The third-order valence-electron chi connectivity index (χ3n) is 8.17. The van der Waals surface area contributed by atoms with Crippen molar-refractivity contribution in [1.29, 1.82) is 0 Å². The topological polar surface area (TPSA) is 127 Å². The highest BCUT2D eigenvalue weighted by molar-refractivity contribution is 5.67. The van der Waals surface area contributed by atoms with Crippen LogP contribution in [0.5, 0.6) is 0 Å². The van der Waals surface area contributed by atoms with E-state index in [-0.39, 0.29) is 23.3 Å². The molecule has 1 aromatic carbocycles. The highest BCUT2D eigenvalue weighted by Gasteiger charge is 2.28. The third kappa shape index (κ3) is 5.61. The molecule has 10 nitrogen and oxygen atoms in total. The summed E-state index contributed by atoms with van der Waals surface area (Å²) in [6, 6.07) is 9.40. The standard InChI is InChI=1S/C29H36F2N10/c1-17(2)39-12-9-18(10-13-39)28-37-26-15-24(21-6-5-19(30)14-22(21)31)35-29(41(26)38-28)40-11-3-4-20(16-40)34-25-8-7-23(32)27(33)36-25/h5-8,14-15,17-18,20H,3-4,9-13,16,32H2,1-2H3,(H3,33,34,36). The molecule has 1 unspecified atom stereocenters. The van der Waals surface area contributed by atoms with Crippen molar-refractivity contribution in [1.82, 2.24) is 29.5 Å². The van der Waals surface area contributed by atoms with Crippen LogP contribution >= 0.6 is 0 Å². The highest BCUT2D eigenvalue weighted by atomic mass is 19.1. The molecule has 0 aliphatic carbocycles. The van der Waals surface area contributed by atoms with Gasteiger partial charge in [0.05, 0.1) is 11.4 Å². The number of nitrogens with one attached hydrogen (secondary N) is 1. The maximum absolute atomic E-state index is 14.9. The number of hydrogen-bond donors (Lipinski definition) is 3. The Hall–Kier alpha value is -4.06. The molecule has 1 atom stereocenters. The molecule has 4 aromatic rings. The van der Waals surface area contributed by atoms with Crippen molar-refractivity contribution in [2.24, 2.45) is 0 Å². The fourth-order valence-corrected chi connectivity index (χ4v) is 5.83. The average Bonchev–Trinajstić information content (AvgIpc) is 3.39. The predicted molar refractivity (Wildman–Crippen MR) is 157 cm³/mol. The largest absolute Gasteiger partial charge is 0.396 e. The number of anilines is 4. The van der Waals surface area contributed by atoms with Gasteiger partial charge in [0.15, 0.2) is 11.5 Å². The number of nitrogen functional groups attached to an aromatic ring is 2. The fraction of sp³-hybridized carbons (Fsp3) is 0.448. The van der Waals surface area contributed by atoms with Crippen molar-refractivity contribution in [2.45, 2.75) is 57.5 Å². The lowest BCUT2D eigenvalue weighted by molar-refractivity contribution is 0.169. The zero-order valence-corrected chi connectivity index (χ0v) is 23.4. The lowest BCUT2D eigenvalue weighted by Crippen LogP contribution is -2.43. The first-order chi connectivity index (χ1) is 19.7. The zero-order valence-electron chi connectivity index (χ0n) is 23.4. The summed E-state index contributed by atoms with van der Waals surface area (Å²) in [6.45, 7) is 7.80. The minimum atomic E-state index is -0.668. The van der Waals surface area contributed by atoms with Crippen LogP contribution in [0.4, 0.5) is 32.1 Å². The van der Waals surface area contributed by atoms with Crippen LogP contribution < -0.4 is 21.7 Å². The number of rotatable bonds is 6. The van der Waals surface area contributed by atoms with Crippen LogP contribution in [0.2, 0.25) is 0 Å². The van der Waals surface area contributed by atoms with Gasteiger partial charge in [0.25, 0.3) is 0 Å². The molecule has 0 spiro atoms. The first-order valence-electron chi connectivity index (χ1n) is 14.3. The molecule has 5 heterocycles. The number of halogens is 2. The van der Waals surface area contributed by atoms with Crippen LogP contribution in [-0.4, -0.2) is 67.7 Å². The van der Waals surface area contributed by atoms with Crippen LogP contribution in [0.25, 0.3) is 16.9 Å².